The SMILES string of the molecule is S=C(NCc1ccc(Cl)cc1)Nc1ccc2ncnc(Nc3cccc(Br)c3)c2c1. The molecule has 0 saturated heterocycles. The van der Waals surface area contributed by atoms with Gasteiger partial charge in [-0.2, -0.15) is 0 Å². The van der Waals surface area contributed by atoms with Gasteiger partial charge in [-0.05, 0) is 66.3 Å². The molecular formula is C22H17BrClN5S. The molecule has 150 valence electrons. The summed E-state index contributed by atoms with van der Waals surface area (Å²) in [5.41, 5.74) is 3.72. The van der Waals surface area contributed by atoms with Crippen molar-refractivity contribution in [2.75, 3.05) is 10.6 Å². The van der Waals surface area contributed by atoms with Gasteiger partial charge in [0.25, 0.3) is 0 Å². The summed E-state index contributed by atoms with van der Waals surface area (Å²) < 4.78 is 0.991. The number of aromatic nitrogens is 2. The Bertz CT molecular complexity index is 1200. The van der Waals surface area contributed by atoms with Gasteiger partial charge in [0.05, 0.1) is 5.52 Å². The molecule has 1 heterocycles. The van der Waals surface area contributed by atoms with Gasteiger partial charge >= 0.3 is 0 Å². The molecule has 0 bridgehead atoms. The fraction of sp³-hybridized carbons (Fsp3) is 0.0455. The number of nitrogens with one attached hydrogen (secondary N) is 3. The average Bonchev–Trinajstić information content (AvgIpc) is 2.74. The minimum Gasteiger partial charge on any atom is -0.358 e. The topological polar surface area (TPSA) is 61.9 Å². The van der Waals surface area contributed by atoms with Crippen LogP contribution in [0.3, 0.4) is 0 Å². The average molecular weight is 499 g/mol. The van der Waals surface area contributed by atoms with E-state index in [4.69, 9.17) is 23.8 Å². The zero-order chi connectivity index (χ0) is 20.9. The van der Waals surface area contributed by atoms with Crippen LogP contribution in [-0.2, 0) is 6.54 Å². The molecule has 8 heteroatoms. The summed E-state index contributed by atoms with van der Waals surface area (Å²) in [6, 6.07) is 21.4. The molecule has 5 nitrogen and oxygen atoms in total. The van der Waals surface area contributed by atoms with E-state index in [0.717, 1.165) is 38.1 Å². The van der Waals surface area contributed by atoms with Gasteiger partial charge in [0.2, 0.25) is 0 Å². The third-order valence-corrected chi connectivity index (χ3v) is 5.34. The molecule has 4 aromatic rings. The molecule has 0 radical (unpaired) electrons. The van der Waals surface area contributed by atoms with E-state index in [0.29, 0.717) is 16.7 Å². The van der Waals surface area contributed by atoms with Crippen LogP contribution in [0, 0.1) is 0 Å². The van der Waals surface area contributed by atoms with Gasteiger partial charge in [-0.25, -0.2) is 9.97 Å². The van der Waals surface area contributed by atoms with Gasteiger partial charge in [-0.1, -0.05) is 45.7 Å². The van der Waals surface area contributed by atoms with E-state index in [9.17, 15) is 0 Å². The van der Waals surface area contributed by atoms with E-state index in [1.165, 1.54) is 0 Å². The molecule has 0 aliphatic heterocycles. The first-order valence-corrected chi connectivity index (χ1v) is 10.7. The Morgan fingerprint density at radius 2 is 1.80 bits per heavy atom. The Balaban J connectivity index is 1.49. The maximum Gasteiger partial charge on any atom is 0.171 e. The highest BCUT2D eigenvalue weighted by molar-refractivity contribution is 9.10. The van der Waals surface area contributed by atoms with Crippen LogP contribution in [0.2, 0.25) is 5.02 Å². The second-order valence-electron chi connectivity index (χ2n) is 6.52. The van der Waals surface area contributed by atoms with E-state index in [1.807, 2.05) is 66.7 Å². The summed E-state index contributed by atoms with van der Waals surface area (Å²) in [4.78, 5) is 8.77. The Labute approximate surface area is 193 Å². The van der Waals surface area contributed by atoms with E-state index in [2.05, 4.69) is 41.8 Å². The predicted molar refractivity (Wildman–Crippen MR) is 131 cm³/mol. The Morgan fingerprint density at radius 1 is 0.967 bits per heavy atom. The zero-order valence-electron chi connectivity index (χ0n) is 15.7. The van der Waals surface area contributed by atoms with Crippen molar-refractivity contribution in [3.63, 3.8) is 0 Å². The minimum absolute atomic E-state index is 0.530. The molecule has 0 aliphatic carbocycles. The molecule has 0 atom stereocenters. The Morgan fingerprint density at radius 3 is 2.60 bits per heavy atom. The second kappa shape index (κ2) is 9.38. The highest BCUT2D eigenvalue weighted by Gasteiger charge is 2.07. The maximum atomic E-state index is 5.92. The highest BCUT2D eigenvalue weighted by Crippen LogP contribution is 2.27. The van der Waals surface area contributed by atoms with Crippen LogP contribution < -0.4 is 16.0 Å². The lowest BCUT2D eigenvalue weighted by molar-refractivity contribution is 0.926. The van der Waals surface area contributed by atoms with Crippen molar-refractivity contribution < 1.29 is 0 Å². The number of fused-ring (bicyclic) bond motifs is 1. The maximum absolute atomic E-state index is 5.92. The Hall–Kier alpha value is -2.74. The van der Waals surface area contributed by atoms with Crippen LogP contribution >= 0.6 is 39.7 Å². The molecule has 0 saturated carbocycles. The fourth-order valence-corrected chi connectivity index (χ4v) is 3.61. The number of hydrogen-bond donors (Lipinski definition) is 3. The first kappa shape index (κ1) is 20.5. The standard InChI is InChI=1S/C22H17BrClN5S/c23-15-2-1-3-17(10-15)28-21-19-11-18(8-9-20(19)26-13-27-21)29-22(30)25-12-14-4-6-16(24)7-5-14/h1-11,13H,12H2,(H2,25,29,30)(H,26,27,28). The molecule has 3 N–H and O–H groups in total. The first-order valence-electron chi connectivity index (χ1n) is 9.13. The van der Waals surface area contributed by atoms with Gasteiger partial charge in [-0.3, -0.25) is 0 Å². The number of rotatable bonds is 5. The second-order valence-corrected chi connectivity index (χ2v) is 8.28. The molecule has 0 fully saturated rings. The molecule has 0 amide bonds. The van der Waals surface area contributed by atoms with Crippen LogP contribution in [0.1, 0.15) is 5.56 Å². The third kappa shape index (κ3) is 5.24. The fourth-order valence-electron chi connectivity index (χ4n) is 2.90. The summed E-state index contributed by atoms with van der Waals surface area (Å²) in [6.07, 6.45) is 1.55. The van der Waals surface area contributed by atoms with Crippen molar-refractivity contribution >= 4 is 73.0 Å². The zero-order valence-corrected chi connectivity index (χ0v) is 18.9. The lowest BCUT2D eigenvalue weighted by atomic mass is 10.2. The largest absolute Gasteiger partial charge is 0.358 e. The molecule has 0 unspecified atom stereocenters. The molecule has 1 aromatic heterocycles. The van der Waals surface area contributed by atoms with Gasteiger partial charge in [0.15, 0.2) is 5.11 Å². The number of anilines is 3. The molecule has 3 aromatic carbocycles. The van der Waals surface area contributed by atoms with Crippen molar-refractivity contribution in [1.82, 2.24) is 15.3 Å². The number of benzene rings is 3. The van der Waals surface area contributed by atoms with E-state index < -0.39 is 0 Å². The summed E-state index contributed by atoms with van der Waals surface area (Å²) in [7, 11) is 0. The van der Waals surface area contributed by atoms with Crippen molar-refractivity contribution in [2.45, 2.75) is 6.54 Å². The van der Waals surface area contributed by atoms with Crippen molar-refractivity contribution in [2.24, 2.45) is 0 Å². The lowest BCUT2D eigenvalue weighted by Crippen LogP contribution is -2.27. The van der Waals surface area contributed by atoms with Crippen LogP contribution in [0.15, 0.2) is 77.5 Å². The summed E-state index contributed by atoms with van der Waals surface area (Å²) in [5.74, 6) is 0.724. The van der Waals surface area contributed by atoms with Crippen LogP contribution in [0.5, 0.6) is 0 Å². The van der Waals surface area contributed by atoms with E-state index in [-0.39, 0.29) is 0 Å². The lowest BCUT2D eigenvalue weighted by Gasteiger charge is -2.13. The molecule has 0 spiro atoms. The summed E-state index contributed by atoms with van der Waals surface area (Å²) in [5, 5.41) is 11.9. The Kier molecular flexibility index (Phi) is 6.42. The summed E-state index contributed by atoms with van der Waals surface area (Å²) >= 11 is 14.8. The summed E-state index contributed by atoms with van der Waals surface area (Å²) in [6.45, 7) is 0.607. The molecular weight excluding hydrogens is 482 g/mol. The monoisotopic (exact) mass is 497 g/mol. The number of thiocarbonyl (C=S) groups is 1. The van der Waals surface area contributed by atoms with Crippen molar-refractivity contribution in [3.8, 4) is 0 Å². The predicted octanol–water partition coefficient (Wildman–Crippen LogP) is 6.28. The van der Waals surface area contributed by atoms with Crippen molar-refractivity contribution in [1.29, 1.82) is 0 Å². The van der Waals surface area contributed by atoms with Gasteiger partial charge in [0.1, 0.15) is 12.1 Å². The van der Waals surface area contributed by atoms with Crippen LogP contribution in [-0.4, -0.2) is 15.1 Å². The molecule has 0 aliphatic rings. The first-order chi connectivity index (χ1) is 14.6. The van der Waals surface area contributed by atoms with Crippen LogP contribution in [0.4, 0.5) is 17.2 Å². The molecule has 4 rings (SSSR count). The smallest absolute Gasteiger partial charge is 0.171 e. The highest BCUT2D eigenvalue weighted by atomic mass is 79.9. The minimum atomic E-state index is 0.530. The van der Waals surface area contributed by atoms with Gasteiger partial charge in [0, 0.05) is 32.8 Å². The van der Waals surface area contributed by atoms with Gasteiger partial charge < -0.3 is 16.0 Å². The normalized spacial score (nSPS) is 10.6. The molecule has 30 heavy (non-hydrogen) atoms. The quantitative estimate of drug-likeness (QED) is 0.282. The van der Waals surface area contributed by atoms with Crippen LogP contribution in [0.25, 0.3) is 10.9 Å². The number of hydrogen-bond acceptors (Lipinski definition) is 4. The van der Waals surface area contributed by atoms with E-state index >= 15 is 0 Å². The number of nitrogens with zero attached hydrogens (tertiary/aromatic N) is 2. The van der Waals surface area contributed by atoms with E-state index in [1.54, 1.807) is 6.33 Å². The third-order valence-electron chi connectivity index (χ3n) is 4.35. The number of halogens is 2. The van der Waals surface area contributed by atoms with Crippen molar-refractivity contribution in [3.05, 3.63) is 88.1 Å². The van der Waals surface area contributed by atoms with Gasteiger partial charge in [-0.15, -0.1) is 0 Å².